The molecule has 1 saturated heterocycles. The van der Waals surface area contributed by atoms with Crippen LogP contribution >= 0.6 is 0 Å². The highest BCUT2D eigenvalue weighted by Crippen LogP contribution is 2.26. The van der Waals surface area contributed by atoms with Crippen LogP contribution in [0.1, 0.15) is 24.6 Å². The van der Waals surface area contributed by atoms with Crippen LogP contribution in [0.2, 0.25) is 0 Å². The van der Waals surface area contributed by atoms with Gasteiger partial charge >= 0.3 is 5.97 Å². The number of carbonyl (C=O) groups is 2. The number of hydrogen-bond donors (Lipinski definition) is 0. The number of carbonyl (C=O) groups excluding carboxylic acids is 2. The Hall–Kier alpha value is -2.75. The summed E-state index contributed by atoms with van der Waals surface area (Å²) in [5.74, 6) is 1.35. The Morgan fingerprint density at radius 1 is 1.21 bits per heavy atom. The molecule has 0 saturated carbocycles. The van der Waals surface area contributed by atoms with E-state index >= 15 is 0 Å². The highest BCUT2D eigenvalue weighted by Gasteiger charge is 2.25. The van der Waals surface area contributed by atoms with Gasteiger partial charge in [0, 0.05) is 58.0 Å². The molecule has 0 spiro atoms. The molecule has 29 heavy (non-hydrogen) atoms. The molecule has 0 unspecified atom stereocenters. The minimum absolute atomic E-state index is 0.104. The quantitative estimate of drug-likeness (QED) is 0.603. The van der Waals surface area contributed by atoms with Crippen molar-refractivity contribution in [3.8, 4) is 0 Å². The van der Waals surface area contributed by atoms with E-state index in [0.717, 1.165) is 43.3 Å². The third-order valence-electron chi connectivity index (χ3n) is 5.12. The van der Waals surface area contributed by atoms with Crippen LogP contribution in [-0.4, -0.2) is 94.7 Å². The predicted octanol–water partition coefficient (Wildman–Crippen LogP) is 0.139. The second-order valence-corrected chi connectivity index (χ2v) is 7.33. The number of anilines is 1. The SMILES string of the molecule is CCOC(=O)CCc1c(C)nc2ncnn2c1N1CCN(CC(=O)N(C)C)CC1. The molecule has 0 aliphatic carbocycles. The van der Waals surface area contributed by atoms with Crippen LogP contribution in [-0.2, 0) is 20.7 Å². The third-order valence-corrected chi connectivity index (χ3v) is 5.12. The first kappa shape index (κ1) is 21.0. The van der Waals surface area contributed by atoms with E-state index in [1.54, 1.807) is 30.4 Å². The summed E-state index contributed by atoms with van der Waals surface area (Å²) in [5, 5.41) is 4.36. The molecule has 10 heteroatoms. The number of likely N-dealkylation sites (N-methyl/N-ethyl adjacent to an activating group) is 1. The highest BCUT2D eigenvalue weighted by molar-refractivity contribution is 5.77. The van der Waals surface area contributed by atoms with E-state index in [1.165, 1.54) is 6.33 Å². The van der Waals surface area contributed by atoms with Gasteiger partial charge in [-0.1, -0.05) is 0 Å². The Kier molecular flexibility index (Phi) is 6.63. The third kappa shape index (κ3) is 4.81. The summed E-state index contributed by atoms with van der Waals surface area (Å²) in [4.78, 5) is 38.7. The van der Waals surface area contributed by atoms with Gasteiger partial charge in [-0.3, -0.25) is 14.5 Å². The predicted molar refractivity (Wildman–Crippen MR) is 108 cm³/mol. The molecule has 10 nitrogen and oxygen atoms in total. The molecule has 3 heterocycles. The summed E-state index contributed by atoms with van der Waals surface area (Å²) >= 11 is 0. The van der Waals surface area contributed by atoms with E-state index in [2.05, 4.69) is 24.9 Å². The average Bonchev–Trinajstić information content (AvgIpc) is 3.14. The van der Waals surface area contributed by atoms with E-state index in [1.807, 2.05) is 6.92 Å². The fraction of sp³-hybridized carbons (Fsp3) is 0.632. The van der Waals surface area contributed by atoms with Crippen molar-refractivity contribution in [3.05, 3.63) is 17.6 Å². The van der Waals surface area contributed by atoms with Gasteiger partial charge in [0.05, 0.1) is 13.2 Å². The van der Waals surface area contributed by atoms with E-state index in [-0.39, 0.29) is 11.9 Å². The summed E-state index contributed by atoms with van der Waals surface area (Å²) in [6.07, 6.45) is 2.31. The van der Waals surface area contributed by atoms with Crippen molar-refractivity contribution in [3.63, 3.8) is 0 Å². The zero-order valence-electron chi connectivity index (χ0n) is 17.6. The van der Waals surface area contributed by atoms with Crippen LogP contribution in [0.3, 0.4) is 0 Å². The minimum Gasteiger partial charge on any atom is -0.466 e. The zero-order valence-corrected chi connectivity index (χ0v) is 17.6. The van der Waals surface area contributed by atoms with E-state index < -0.39 is 0 Å². The van der Waals surface area contributed by atoms with Gasteiger partial charge < -0.3 is 14.5 Å². The van der Waals surface area contributed by atoms with Crippen LogP contribution in [0.25, 0.3) is 5.78 Å². The molecule has 1 fully saturated rings. The number of piperazine rings is 1. The lowest BCUT2D eigenvalue weighted by atomic mass is 10.1. The van der Waals surface area contributed by atoms with E-state index in [0.29, 0.717) is 31.8 Å². The molecule has 2 aromatic rings. The maximum absolute atomic E-state index is 12.0. The topological polar surface area (TPSA) is 96.2 Å². The summed E-state index contributed by atoms with van der Waals surface area (Å²) < 4.78 is 6.83. The first-order valence-electron chi connectivity index (χ1n) is 9.93. The molecule has 1 aliphatic heterocycles. The molecule has 0 aromatic carbocycles. The van der Waals surface area contributed by atoms with Crippen LogP contribution in [0.5, 0.6) is 0 Å². The van der Waals surface area contributed by atoms with E-state index in [9.17, 15) is 9.59 Å². The highest BCUT2D eigenvalue weighted by atomic mass is 16.5. The lowest BCUT2D eigenvalue weighted by Crippen LogP contribution is -2.50. The Balaban J connectivity index is 1.80. The van der Waals surface area contributed by atoms with Crippen LogP contribution in [0.15, 0.2) is 6.33 Å². The first-order valence-corrected chi connectivity index (χ1v) is 9.93. The van der Waals surface area contributed by atoms with Crippen molar-refractivity contribution in [1.29, 1.82) is 0 Å². The van der Waals surface area contributed by atoms with Gasteiger partial charge in [0.15, 0.2) is 0 Å². The fourth-order valence-corrected chi connectivity index (χ4v) is 3.50. The fourth-order valence-electron chi connectivity index (χ4n) is 3.50. The van der Waals surface area contributed by atoms with Crippen LogP contribution < -0.4 is 4.90 Å². The van der Waals surface area contributed by atoms with Crippen molar-refractivity contribution < 1.29 is 14.3 Å². The lowest BCUT2D eigenvalue weighted by molar-refractivity contribution is -0.143. The molecular weight excluding hydrogens is 374 g/mol. The van der Waals surface area contributed by atoms with Crippen molar-refractivity contribution in [1.82, 2.24) is 29.4 Å². The minimum atomic E-state index is -0.219. The molecule has 0 N–H and O–H groups in total. The lowest BCUT2D eigenvalue weighted by Gasteiger charge is -2.37. The average molecular weight is 403 g/mol. The maximum atomic E-state index is 12.0. The molecular formula is C19H29N7O3. The van der Waals surface area contributed by atoms with Gasteiger partial charge in [-0.15, -0.1) is 0 Å². The molecule has 0 atom stereocenters. The van der Waals surface area contributed by atoms with E-state index in [4.69, 9.17) is 4.74 Å². The van der Waals surface area contributed by atoms with Gasteiger partial charge in [-0.05, 0) is 20.3 Å². The molecule has 1 amide bonds. The molecule has 0 bridgehead atoms. The monoisotopic (exact) mass is 403 g/mol. The number of aromatic nitrogens is 4. The summed E-state index contributed by atoms with van der Waals surface area (Å²) in [6, 6.07) is 0. The van der Waals surface area contributed by atoms with Crippen molar-refractivity contribution in [2.45, 2.75) is 26.7 Å². The van der Waals surface area contributed by atoms with Gasteiger partial charge in [0.25, 0.3) is 5.78 Å². The largest absolute Gasteiger partial charge is 0.466 e. The normalized spacial score (nSPS) is 15.0. The number of amides is 1. The van der Waals surface area contributed by atoms with Crippen molar-refractivity contribution in [2.75, 3.05) is 58.3 Å². The molecule has 3 rings (SSSR count). The summed E-state index contributed by atoms with van der Waals surface area (Å²) in [7, 11) is 3.55. The van der Waals surface area contributed by atoms with Gasteiger partial charge in [-0.25, -0.2) is 4.98 Å². The molecule has 0 radical (unpaired) electrons. The van der Waals surface area contributed by atoms with Gasteiger partial charge in [0.1, 0.15) is 12.1 Å². The number of rotatable bonds is 7. The number of esters is 1. The van der Waals surface area contributed by atoms with Gasteiger partial charge in [-0.2, -0.15) is 14.6 Å². The Bertz CT molecular complexity index is 872. The first-order chi connectivity index (χ1) is 13.9. The van der Waals surface area contributed by atoms with Crippen molar-refractivity contribution >= 4 is 23.5 Å². The maximum Gasteiger partial charge on any atom is 0.306 e. The van der Waals surface area contributed by atoms with Gasteiger partial charge in [0.2, 0.25) is 5.91 Å². The number of aryl methyl sites for hydroxylation is 1. The zero-order chi connectivity index (χ0) is 21.0. The molecule has 1 aliphatic rings. The van der Waals surface area contributed by atoms with Crippen LogP contribution in [0, 0.1) is 6.92 Å². The second kappa shape index (κ2) is 9.17. The Morgan fingerprint density at radius 2 is 1.93 bits per heavy atom. The standard InChI is InChI=1S/C19H29N7O3/c1-5-29-17(28)7-6-15-14(2)22-19-20-13-21-26(19)18(15)25-10-8-24(9-11-25)12-16(27)23(3)4/h13H,5-12H2,1-4H3. The second-order valence-electron chi connectivity index (χ2n) is 7.33. The number of hydrogen-bond acceptors (Lipinski definition) is 8. The Morgan fingerprint density at radius 3 is 2.59 bits per heavy atom. The molecule has 2 aromatic heterocycles. The number of nitrogens with zero attached hydrogens (tertiary/aromatic N) is 7. The smallest absolute Gasteiger partial charge is 0.306 e. The van der Waals surface area contributed by atoms with Crippen molar-refractivity contribution in [2.24, 2.45) is 0 Å². The number of ether oxygens (including phenoxy) is 1. The molecule has 158 valence electrons. The summed E-state index contributed by atoms with van der Waals surface area (Å²) in [6.45, 7) is 7.59. The Labute approximate surface area is 170 Å². The summed E-state index contributed by atoms with van der Waals surface area (Å²) in [5.41, 5.74) is 1.82. The van der Waals surface area contributed by atoms with Crippen LogP contribution in [0.4, 0.5) is 5.82 Å². The number of fused-ring (bicyclic) bond motifs is 1.